The summed E-state index contributed by atoms with van der Waals surface area (Å²) < 4.78 is 30.9. The lowest BCUT2D eigenvalue weighted by Gasteiger charge is -2.16. The molecule has 18 heavy (non-hydrogen) atoms. The van der Waals surface area contributed by atoms with Gasteiger partial charge in [-0.1, -0.05) is 0 Å². The molecule has 0 aliphatic rings. The van der Waals surface area contributed by atoms with E-state index in [2.05, 4.69) is 4.74 Å². The molecule has 0 spiro atoms. The van der Waals surface area contributed by atoms with E-state index >= 15 is 0 Å². The molecule has 0 saturated heterocycles. The molecule has 0 bridgehead atoms. The maximum atomic E-state index is 13.5. The minimum Gasteiger partial charge on any atom is -0.508 e. The number of rotatable bonds is 4. The van der Waals surface area contributed by atoms with Crippen LogP contribution in [0.5, 0.6) is 5.75 Å². The molecular weight excluding hydrogens is 268 g/mol. The van der Waals surface area contributed by atoms with E-state index in [1.54, 1.807) is 0 Å². The Kier molecular flexibility index (Phi) is 6.57. The second-order valence-corrected chi connectivity index (χ2v) is 3.38. The molecule has 1 aromatic rings. The third kappa shape index (κ3) is 3.82. The highest BCUT2D eigenvalue weighted by Gasteiger charge is 2.29. The maximum absolute atomic E-state index is 13.5. The van der Waals surface area contributed by atoms with Crippen molar-refractivity contribution in [2.75, 3.05) is 6.61 Å². The van der Waals surface area contributed by atoms with Gasteiger partial charge < -0.3 is 15.6 Å². The van der Waals surface area contributed by atoms with Gasteiger partial charge in [0, 0.05) is 5.56 Å². The smallest absolute Gasteiger partial charge is 0.342 e. The first-order valence-corrected chi connectivity index (χ1v) is 5.02. The molecule has 1 aromatic carbocycles. The number of ether oxygens (including phenoxy) is 1. The summed E-state index contributed by atoms with van der Waals surface area (Å²) >= 11 is 0. The zero-order valence-corrected chi connectivity index (χ0v) is 10.4. The lowest BCUT2D eigenvalue weighted by Crippen LogP contribution is -2.31. The van der Waals surface area contributed by atoms with Crippen molar-refractivity contribution in [3.8, 4) is 5.75 Å². The third-order valence-corrected chi connectivity index (χ3v) is 2.18. The number of carbonyl (C=O) groups is 1. The summed E-state index contributed by atoms with van der Waals surface area (Å²) in [6.45, 7) is 1.54. The molecule has 0 radical (unpaired) electrons. The number of esters is 1. The van der Waals surface area contributed by atoms with E-state index in [0.717, 1.165) is 18.2 Å². The fourth-order valence-corrected chi connectivity index (χ4v) is 1.32. The van der Waals surface area contributed by atoms with Crippen LogP contribution in [0.1, 0.15) is 18.5 Å². The number of phenolic OH excluding ortho intramolecular Hbond substituents is 1. The third-order valence-electron chi connectivity index (χ3n) is 2.18. The first-order valence-electron chi connectivity index (χ1n) is 5.02. The molecule has 7 heteroatoms. The minimum absolute atomic E-state index is 0. The number of halogens is 3. The molecule has 0 aliphatic carbocycles. The average Bonchev–Trinajstić information content (AvgIpc) is 2.30. The molecule has 0 amide bonds. The molecule has 1 unspecified atom stereocenters. The first-order chi connectivity index (χ1) is 7.97. The summed E-state index contributed by atoms with van der Waals surface area (Å²) in [5.74, 6) is -2.18. The van der Waals surface area contributed by atoms with E-state index in [9.17, 15) is 18.7 Å². The second-order valence-electron chi connectivity index (χ2n) is 3.38. The second kappa shape index (κ2) is 7.13. The highest BCUT2D eigenvalue weighted by atomic mass is 35.5. The molecule has 4 nitrogen and oxygen atoms in total. The van der Waals surface area contributed by atoms with Crippen LogP contribution < -0.4 is 5.73 Å². The molecule has 2 atom stereocenters. The van der Waals surface area contributed by atoms with Gasteiger partial charge in [0.2, 0.25) is 6.17 Å². The molecule has 3 N–H and O–H groups in total. The Labute approximate surface area is 109 Å². The van der Waals surface area contributed by atoms with Gasteiger partial charge in [0.15, 0.2) is 0 Å². The van der Waals surface area contributed by atoms with Gasteiger partial charge in [0.05, 0.1) is 12.6 Å². The minimum atomic E-state index is -2.15. The predicted molar refractivity (Wildman–Crippen MR) is 63.8 cm³/mol. The van der Waals surface area contributed by atoms with Gasteiger partial charge in [0.1, 0.15) is 11.6 Å². The predicted octanol–water partition coefficient (Wildman–Crippen LogP) is 1.85. The fourth-order valence-electron chi connectivity index (χ4n) is 1.32. The molecular formula is C11H14ClF2NO3. The van der Waals surface area contributed by atoms with Crippen LogP contribution in [0, 0.1) is 5.82 Å². The number of phenols is 1. The van der Waals surface area contributed by atoms with E-state index in [0.29, 0.717) is 0 Å². The van der Waals surface area contributed by atoms with Crippen LogP contribution in [-0.4, -0.2) is 23.9 Å². The van der Waals surface area contributed by atoms with E-state index in [1.165, 1.54) is 6.92 Å². The lowest BCUT2D eigenvalue weighted by molar-refractivity contribution is -0.149. The summed E-state index contributed by atoms with van der Waals surface area (Å²) in [5.41, 5.74) is 5.26. The molecule has 102 valence electrons. The highest BCUT2D eigenvalue weighted by molar-refractivity contribution is 5.85. The van der Waals surface area contributed by atoms with Crippen molar-refractivity contribution < 1.29 is 23.4 Å². The summed E-state index contributed by atoms with van der Waals surface area (Å²) in [7, 11) is 0. The zero-order chi connectivity index (χ0) is 13.0. The highest BCUT2D eigenvalue weighted by Crippen LogP contribution is 2.27. The van der Waals surface area contributed by atoms with Crippen LogP contribution in [0.2, 0.25) is 0 Å². The van der Waals surface area contributed by atoms with Gasteiger partial charge in [-0.2, -0.15) is 0 Å². The Morgan fingerprint density at radius 2 is 2.17 bits per heavy atom. The van der Waals surface area contributed by atoms with Crippen molar-refractivity contribution in [1.82, 2.24) is 0 Å². The Bertz CT molecular complexity index is 417. The summed E-state index contributed by atoms with van der Waals surface area (Å²) in [6, 6.07) is 1.46. The van der Waals surface area contributed by atoms with E-state index in [4.69, 9.17) is 5.73 Å². The van der Waals surface area contributed by atoms with Gasteiger partial charge in [0.25, 0.3) is 0 Å². The van der Waals surface area contributed by atoms with Crippen molar-refractivity contribution in [3.05, 3.63) is 29.6 Å². The monoisotopic (exact) mass is 281 g/mol. The van der Waals surface area contributed by atoms with Crippen LogP contribution in [0.4, 0.5) is 8.78 Å². The van der Waals surface area contributed by atoms with Crippen LogP contribution in [0.3, 0.4) is 0 Å². The van der Waals surface area contributed by atoms with Gasteiger partial charge >= 0.3 is 5.97 Å². The topological polar surface area (TPSA) is 72.5 Å². The Morgan fingerprint density at radius 3 is 2.72 bits per heavy atom. The van der Waals surface area contributed by atoms with E-state index < -0.39 is 24.0 Å². The Balaban J connectivity index is 0.00000289. The maximum Gasteiger partial charge on any atom is 0.342 e. The first kappa shape index (κ1) is 16.6. The number of benzene rings is 1. The van der Waals surface area contributed by atoms with Crippen LogP contribution >= 0.6 is 12.4 Å². The van der Waals surface area contributed by atoms with Crippen molar-refractivity contribution in [2.24, 2.45) is 5.73 Å². The molecule has 0 saturated carbocycles. The van der Waals surface area contributed by atoms with Gasteiger partial charge in [-0.25, -0.2) is 13.6 Å². The summed E-state index contributed by atoms with van der Waals surface area (Å²) in [6.07, 6.45) is -2.15. The largest absolute Gasteiger partial charge is 0.508 e. The number of hydrogen-bond donors (Lipinski definition) is 2. The number of alkyl halides is 1. The molecule has 0 aliphatic heterocycles. The fraction of sp³-hybridized carbons (Fsp3) is 0.364. The number of aromatic hydroxyl groups is 1. The Morgan fingerprint density at radius 1 is 1.56 bits per heavy atom. The van der Waals surface area contributed by atoms with E-state index in [1.807, 2.05) is 0 Å². The van der Waals surface area contributed by atoms with Crippen LogP contribution in [0.25, 0.3) is 0 Å². The number of carbonyl (C=O) groups excluding carboxylic acids is 1. The standard InChI is InChI=1S/C11H13F2NO3.ClH/c1-2-17-11(16)9(13)10(14)7-5-6(12)3-4-8(7)15;/h3-5,9-10,15H,2,14H2,1H3;1H/t9?,10-;/m1./s1. The van der Waals surface area contributed by atoms with E-state index in [-0.39, 0.29) is 30.3 Å². The Hall–Kier alpha value is -1.40. The quantitative estimate of drug-likeness (QED) is 0.826. The molecule has 0 heterocycles. The molecule has 1 rings (SSSR count). The van der Waals surface area contributed by atoms with Gasteiger partial charge in [-0.15, -0.1) is 12.4 Å². The zero-order valence-electron chi connectivity index (χ0n) is 9.60. The normalized spacial score (nSPS) is 13.3. The SMILES string of the molecule is CCOC(=O)C(F)[C@H](N)c1cc(F)ccc1O.Cl. The molecule has 0 fully saturated rings. The number of hydrogen-bond acceptors (Lipinski definition) is 4. The van der Waals surface area contributed by atoms with Crippen LogP contribution in [-0.2, 0) is 9.53 Å². The van der Waals surface area contributed by atoms with Crippen molar-refractivity contribution >= 4 is 18.4 Å². The van der Waals surface area contributed by atoms with Gasteiger partial charge in [-0.05, 0) is 25.1 Å². The van der Waals surface area contributed by atoms with Gasteiger partial charge in [-0.3, -0.25) is 0 Å². The average molecular weight is 282 g/mol. The lowest BCUT2D eigenvalue weighted by atomic mass is 10.0. The van der Waals surface area contributed by atoms with Crippen LogP contribution in [0.15, 0.2) is 18.2 Å². The van der Waals surface area contributed by atoms with Crippen molar-refractivity contribution in [2.45, 2.75) is 19.1 Å². The summed E-state index contributed by atoms with van der Waals surface area (Å²) in [5, 5.41) is 9.40. The van der Waals surface area contributed by atoms with Crippen molar-refractivity contribution in [1.29, 1.82) is 0 Å². The number of nitrogens with two attached hydrogens (primary N) is 1. The molecule has 0 aromatic heterocycles. The van der Waals surface area contributed by atoms with Crippen molar-refractivity contribution in [3.63, 3.8) is 0 Å². The summed E-state index contributed by atoms with van der Waals surface area (Å²) in [4.78, 5) is 11.1.